The minimum atomic E-state index is 0. The summed E-state index contributed by atoms with van der Waals surface area (Å²) in [5.74, 6) is 1.67. The van der Waals surface area contributed by atoms with Crippen LogP contribution in [0.15, 0.2) is 23.2 Å². The summed E-state index contributed by atoms with van der Waals surface area (Å²) >= 11 is 1.80. The fourth-order valence-electron chi connectivity index (χ4n) is 1.60. The highest BCUT2D eigenvalue weighted by Gasteiger charge is 2.16. The van der Waals surface area contributed by atoms with Crippen LogP contribution in [0.4, 0.5) is 0 Å². The van der Waals surface area contributed by atoms with E-state index in [4.69, 9.17) is 4.74 Å². The van der Waals surface area contributed by atoms with Gasteiger partial charge in [-0.25, -0.2) is 0 Å². The molecule has 0 aliphatic carbocycles. The van der Waals surface area contributed by atoms with E-state index in [1.165, 1.54) is 0 Å². The third kappa shape index (κ3) is 6.95. The van der Waals surface area contributed by atoms with Crippen LogP contribution in [-0.4, -0.2) is 42.8 Å². The molecule has 0 saturated carbocycles. The first-order valence-corrected chi connectivity index (χ1v) is 8.00. The molecule has 3 N–H and O–H groups in total. The summed E-state index contributed by atoms with van der Waals surface area (Å²) < 4.78 is 5.30. The second kappa shape index (κ2) is 10.0. The third-order valence-corrected chi connectivity index (χ3v) is 4.44. The van der Waals surface area contributed by atoms with E-state index >= 15 is 0 Å². The van der Waals surface area contributed by atoms with E-state index in [0.29, 0.717) is 12.5 Å². The first kappa shape index (κ1) is 21.2. The molecule has 0 aliphatic rings. The van der Waals surface area contributed by atoms with E-state index in [9.17, 15) is 5.11 Å². The van der Waals surface area contributed by atoms with Gasteiger partial charge in [-0.15, -0.1) is 24.0 Å². The van der Waals surface area contributed by atoms with Crippen molar-refractivity contribution in [3.05, 3.63) is 23.8 Å². The highest BCUT2D eigenvalue weighted by molar-refractivity contribution is 14.0. The van der Waals surface area contributed by atoms with Gasteiger partial charge in [-0.1, -0.05) is 0 Å². The molecule has 22 heavy (non-hydrogen) atoms. The van der Waals surface area contributed by atoms with Gasteiger partial charge in [0.1, 0.15) is 11.5 Å². The van der Waals surface area contributed by atoms with E-state index in [2.05, 4.69) is 35.7 Å². The first-order valence-electron chi connectivity index (χ1n) is 6.77. The molecule has 0 heterocycles. The zero-order valence-corrected chi connectivity index (χ0v) is 16.9. The zero-order valence-electron chi connectivity index (χ0n) is 13.8. The highest BCUT2D eigenvalue weighted by atomic mass is 127. The minimum absolute atomic E-state index is 0. The fraction of sp³-hybridized carbons (Fsp3) is 0.533. The van der Waals surface area contributed by atoms with E-state index in [1.54, 1.807) is 44.1 Å². The minimum Gasteiger partial charge on any atom is -0.508 e. The maximum absolute atomic E-state index is 9.85. The number of hydrogen-bond donors (Lipinski definition) is 3. The monoisotopic (exact) mass is 439 g/mol. The summed E-state index contributed by atoms with van der Waals surface area (Å²) in [4.78, 5) is 4.19. The number of hydrogen-bond acceptors (Lipinski definition) is 4. The van der Waals surface area contributed by atoms with E-state index < -0.39 is 0 Å². The average Bonchev–Trinajstić information content (AvgIpc) is 2.49. The lowest BCUT2D eigenvalue weighted by molar-refractivity contribution is 0.410. The Labute approximate surface area is 154 Å². The number of aliphatic imine (C=N–C) groups is 1. The summed E-state index contributed by atoms with van der Waals surface area (Å²) in [5.41, 5.74) is 0.765. The van der Waals surface area contributed by atoms with Gasteiger partial charge in [-0.2, -0.15) is 11.8 Å². The lowest BCUT2D eigenvalue weighted by atomic mass is 10.2. The number of rotatable bonds is 6. The molecule has 1 aromatic rings. The molecule has 0 aliphatic heterocycles. The van der Waals surface area contributed by atoms with Gasteiger partial charge < -0.3 is 20.5 Å². The van der Waals surface area contributed by atoms with Crippen LogP contribution < -0.4 is 15.4 Å². The van der Waals surface area contributed by atoms with Crippen LogP contribution in [0.25, 0.3) is 0 Å². The van der Waals surface area contributed by atoms with E-state index in [0.717, 1.165) is 17.9 Å². The van der Waals surface area contributed by atoms with Gasteiger partial charge in [-0.3, -0.25) is 4.99 Å². The van der Waals surface area contributed by atoms with Crippen molar-refractivity contribution in [2.24, 2.45) is 4.99 Å². The molecule has 126 valence electrons. The smallest absolute Gasteiger partial charge is 0.191 e. The molecular weight excluding hydrogens is 413 g/mol. The Morgan fingerprint density at radius 3 is 2.59 bits per heavy atom. The summed E-state index contributed by atoms with van der Waals surface area (Å²) in [6.07, 6.45) is 2.09. The molecule has 0 radical (unpaired) electrons. The molecule has 0 fully saturated rings. The van der Waals surface area contributed by atoms with Gasteiger partial charge in [0.25, 0.3) is 0 Å². The second-order valence-electron chi connectivity index (χ2n) is 5.24. The lowest BCUT2D eigenvalue weighted by Gasteiger charge is -2.23. The Morgan fingerprint density at radius 2 is 2.05 bits per heavy atom. The van der Waals surface area contributed by atoms with Crippen molar-refractivity contribution in [1.29, 1.82) is 0 Å². The van der Waals surface area contributed by atoms with Crippen LogP contribution in [0.3, 0.4) is 0 Å². The SMILES string of the molecule is CN=C(NCc1cc(OC)ccc1O)NCC(C)(C)SC.I. The van der Waals surface area contributed by atoms with Gasteiger partial charge in [-0.05, 0) is 38.3 Å². The van der Waals surface area contributed by atoms with E-state index in [1.807, 2.05) is 0 Å². The van der Waals surface area contributed by atoms with Gasteiger partial charge in [0.05, 0.1) is 7.11 Å². The molecular formula is C15H26IN3O2S. The summed E-state index contributed by atoms with van der Waals surface area (Å²) in [5, 5.41) is 16.3. The average molecular weight is 439 g/mol. The van der Waals surface area contributed by atoms with Crippen molar-refractivity contribution in [2.75, 3.05) is 27.0 Å². The first-order chi connectivity index (χ1) is 9.91. The van der Waals surface area contributed by atoms with Crippen molar-refractivity contribution in [3.8, 4) is 11.5 Å². The molecule has 0 aromatic heterocycles. The Bertz CT molecular complexity index is 496. The highest BCUT2D eigenvalue weighted by Crippen LogP contribution is 2.22. The lowest BCUT2D eigenvalue weighted by Crippen LogP contribution is -2.42. The van der Waals surface area contributed by atoms with E-state index in [-0.39, 0.29) is 34.5 Å². The molecule has 1 rings (SSSR count). The number of aromatic hydroxyl groups is 1. The van der Waals surface area contributed by atoms with Gasteiger partial charge in [0.2, 0.25) is 0 Å². The third-order valence-electron chi connectivity index (χ3n) is 3.19. The molecule has 0 atom stereocenters. The van der Waals surface area contributed by atoms with Crippen LogP contribution in [-0.2, 0) is 6.54 Å². The largest absolute Gasteiger partial charge is 0.508 e. The molecule has 0 spiro atoms. The number of nitrogens with zero attached hydrogens (tertiary/aromatic N) is 1. The van der Waals surface area contributed by atoms with Crippen molar-refractivity contribution in [2.45, 2.75) is 25.1 Å². The van der Waals surface area contributed by atoms with Crippen LogP contribution >= 0.6 is 35.7 Å². The predicted octanol–water partition coefficient (Wildman–Crippen LogP) is 2.83. The van der Waals surface area contributed by atoms with Crippen molar-refractivity contribution in [1.82, 2.24) is 10.6 Å². The number of guanidine groups is 1. The predicted molar refractivity (Wildman–Crippen MR) is 106 cm³/mol. The number of ether oxygens (including phenoxy) is 1. The Morgan fingerprint density at radius 1 is 1.36 bits per heavy atom. The molecule has 0 bridgehead atoms. The number of halogens is 1. The van der Waals surface area contributed by atoms with Crippen LogP contribution in [0, 0.1) is 0 Å². The van der Waals surface area contributed by atoms with Crippen molar-refractivity contribution >= 4 is 41.7 Å². The van der Waals surface area contributed by atoms with Crippen molar-refractivity contribution in [3.63, 3.8) is 0 Å². The number of benzene rings is 1. The Hall–Kier alpha value is -0.830. The summed E-state index contributed by atoms with van der Waals surface area (Å²) in [6, 6.07) is 5.16. The molecule has 1 aromatic carbocycles. The van der Waals surface area contributed by atoms with Gasteiger partial charge in [0, 0.05) is 30.4 Å². The quantitative estimate of drug-likeness (QED) is 0.362. The molecule has 0 amide bonds. The number of methoxy groups -OCH3 is 1. The normalized spacial score (nSPS) is 11.6. The van der Waals surface area contributed by atoms with Crippen LogP contribution in [0.5, 0.6) is 11.5 Å². The summed E-state index contributed by atoms with van der Waals surface area (Å²) in [7, 11) is 3.33. The van der Waals surface area contributed by atoms with Crippen LogP contribution in [0.1, 0.15) is 19.4 Å². The number of thioether (sulfide) groups is 1. The maximum atomic E-state index is 9.85. The topological polar surface area (TPSA) is 65.9 Å². The number of nitrogens with one attached hydrogen (secondary N) is 2. The molecule has 0 saturated heterocycles. The standard InChI is InChI=1S/C15H25N3O2S.HI/c1-15(2,21-5)10-18-14(16-3)17-9-11-8-12(20-4)6-7-13(11)19;/h6-8,19H,9-10H2,1-5H3,(H2,16,17,18);1H. The Balaban J connectivity index is 0.00000441. The molecule has 5 nitrogen and oxygen atoms in total. The van der Waals surface area contributed by atoms with Crippen molar-refractivity contribution < 1.29 is 9.84 Å². The summed E-state index contributed by atoms with van der Waals surface area (Å²) in [6.45, 7) is 5.62. The molecule has 0 unspecified atom stereocenters. The second-order valence-corrected chi connectivity index (χ2v) is 6.75. The fourth-order valence-corrected chi connectivity index (χ4v) is 1.82. The number of phenolic OH excluding ortho intramolecular Hbond substituents is 1. The Kier molecular flexibility index (Phi) is 9.66. The van der Waals surface area contributed by atoms with Gasteiger partial charge in [0.15, 0.2) is 5.96 Å². The zero-order chi connectivity index (χ0) is 15.9. The molecule has 7 heteroatoms. The van der Waals surface area contributed by atoms with Crippen LogP contribution in [0.2, 0.25) is 0 Å². The number of phenols is 1. The van der Waals surface area contributed by atoms with Gasteiger partial charge >= 0.3 is 0 Å². The maximum Gasteiger partial charge on any atom is 0.191 e.